The van der Waals surface area contributed by atoms with Gasteiger partial charge in [-0.2, -0.15) is 18.4 Å². The van der Waals surface area contributed by atoms with Gasteiger partial charge in [-0.1, -0.05) is 0 Å². The van der Waals surface area contributed by atoms with Crippen molar-refractivity contribution in [3.8, 4) is 6.07 Å². The van der Waals surface area contributed by atoms with Crippen molar-refractivity contribution < 1.29 is 34.8 Å². The van der Waals surface area contributed by atoms with Crippen LogP contribution in [0.5, 0.6) is 0 Å². The second kappa shape index (κ2) is 7.86. The van der Waals surface area contributed by atoms with Crippen molar-refractivity contribution in [3.05, 3.63) is 59.2 Å². The minimum Gasteiger partial charge on any atom is -0.270 e. The van der Waals surface area contributed by atoms with E-state index in [9.17, 15) is 34.8 Å². The average Bonchev–Trinajstić information content (AvgIpc) is 3.05. The van der Waals surface area contributed by atoms with Crippen LogP contribution in [0.3, 0.4) is 0 Å². The van der Waals surface area contributed by atoms with E-state index in [1.165, 1.54) is 34.6 Å². The van der Waals surface area contributed by atoms with Gasteiger partial charge in [0.1, 0.15) is 0 Å². The van der Waals surface area contributed by atoms with Crippen LogP contribution < -0.4 is 9.03 Å². The molecule has 31 heavy (non-hydrogen) atoms. The van der Waals surface area contributed by atoms with Gasteiger partial charge in [-0.3, -0.25) is 9.10 Å². The SMILES string of the molecule is N#Cc1ccc(S(=O)(=O)NC(=O)c2ccc(N3CCCS3(=O)=O)cc2)cc1C(F)(F)F. The number of carbonyl (C=O) groups is 1. The number of nitriles is 1. The highest BCUT2D eigenvalue weighted by Gasteiger charge is 2.35. The number of benzene rings is 2. The number of carbonyl (C=O) groups excluding carboxylic acids is 1. The minimum absolute atomic E-state index is 0.00200. The molecule has 0 bridgehead atoms. The third-order valence-electron chi connectivity index (χ3n) is 4.47. The normalized spacial score (nSPS) is 16.0. The molecule has 1 saturated heterocycles. The molecule has 0 aromatic heterocycles. The molecule has 0 atom stereocenters. The first-order valence-electron chi connectivity index (χ1n) is 8.64. The van der Waals surface area contributed by atoms with Gasteiger partial charge >= 0.3 is 6.18 Å². The molecule has 1 aliphatic heterocycles. The minimum atomic E-state index is -4.97. The number of rotatable bonds is 4. The summed E-state index contributed by atoms with van der Waals surface area (Å²) < 4.78 is 90.7. The van der Waals surface area contributed by atoms with Crippen LogP contribution in [-0.4, -0.2) is 35.0 Å². The van der Waals surface area contributed by atoms with E-state index in [0.29, 0.717) is 18.2 Å². The molecule has 0 unspecified atom stereocenters. The van der Waals surface area contributed by atoms with Crippen molar-refractivity contribution in [1.82, 2.24) is 4.72 Å². The monoisotopic (exact) mass is 473 g/mol. The number of halogens is 3. The lowest BCUT2D eigenvalue weighted by Gasteiger charge is -2.17. The van der Waals surface area contributed by atoms with E-state index >= 15 is 0 Å². The lowest BCUT2D eigenvalue weighted by molar-refractivity contribution is -0.137. The first-order chi connectivity index (χ1) is 14.3. The predicted molar refractivity (Wildman–Crippen MR) is 103 cm³/mol. The zero-order valence-corrected chi connectivity index (χ0v) is 17.2. The Morgan fingerprint density at radius 1 is 1.13 bits per heavy atom. The van der Waals surface area contributed by atoms with E-state index in [1.807, 2.05) is 0 Å². The molecule has 8 nitrogen and oxygen atoms in total. The molecule has 0 aliphatic carbocycles. The number of anilines is 1. The van der Waals surface area contributed by atoms with Gasteiger partial charge in [0.25, 0.3) is 15.9 Å². The second-order valence-electron chi connectivity index (χ2n) is 6.54. The number of alkyl halides is 3. The van der Waals surface area contributed by atoms with Gasteiger partial charge in [-0.05, 0) is 48.9 Å². The Labute approximate surface area is 176 Å². The zero-order valence-electron chi connectivity index (χ0n) is 15.5. The van der Waals surface area contributed by atoms with Gasteiger partial charge in [-0.25, -0.2) is 21.6 Å². The number of nitrogens with one attached hydrogen (secondary N) is 1. The summed E-state index contributed by atoms with van der Waals surface area (Å²) in [6, 6.07) is 8.15. The lowest BCUT2D eigenvalue weighted by Crippen LogP contribution is -2.31. The molecule has 2 aromatic carbocycles. The first-order valence-corrected chi connectivity index (χ1v) is 11.7. The zero-order chi connectivity index (χ0) is 23.0. The third kappa shape index (κ3) is 4.64. The molecule has 164 valence electrons. The summed E-state index contributed by atoms with van der Waals surface area (Å²) >= 11 is 0. The quantitative estimate of drug-likeness (QED) is 0.726. The molecule has 0 radical (unpaired) electrons. The Kier molecular flexibility index (Phi) is 5.72. The van der Waals surface area contributed by atoms with Crippen molar-refractivity contribution in [2.24, 2.45) is 0 Å². The summed E-state index contributed by atoms with van der Waals surface area (Å²) in [5, 5.41) is 8.79. The van der Waals surface area contributed by atoms with E-state index in [1.54, 1.807) is 4.72 Å². The van der Waals surface area contributed by atoms with Gasteiger partial charge in [-0.15, -0.1) is 0 Å². The molecule has 1 heterocycles. The molecule has 1 N–H and O–H groups in total. The highest BCUT2D eigenvalue weighted by molar-refractivity contribution is 7.93. The molecule has 0 saturated carbocycles. The molecule has 1 amide bonds. The Morgan fingerprint density at radius 3 is 2.29 bits per heavy atom. The van der Waals surface area contributed by atoms with Crippen LogP contribution in [0.1, 0.15) is 27.9 Å². The van der Waals surface area contributed by atoms with E-state index in [0.717, 1.165) is 6.07 Å². The molecule has 1 fully saturated rings. The Hall–Kier alpha value is -3.11. The molecule has 3 rings (SSSR count). The Bertz CT molecular complexity index is 1280. The van der Waals surface area contributed by atoms with E-state index < -0.39 is 48.2 Å². The molecular weight excluding hydrogens is 459 g/mol. The Balaban J connectivity index is 1.84. The number of nitrogens with zero attached hydrogens (tertiary/aromatic N) is 2. The summed E-state index contributed by atoms with van der Waals surface area (Å²) in [6.45, 7) is 0.280. The summed E-state index contributed by atoms with van der Waals surface area (Å²) in [4.78, 5) is 11.5. The van der Waals surface area contributed by atoms with Crippen LogP contribution in [0.4, 0.5) is 18.9 Å². The van der Waals surface area contributed by atoms with Gasteiger partial charge in [0.05, 0.1) is 33.5 Å². The first kappa shape index (κ1) is 22.6. The van der Waals surface area contributed by atoms with Gasteiger partial charge in [0.2, 0.25) is 10.0 Å². The van der Waals surface area contributed by atoms with Crippen molar-refractivity contribution in [3.63, 3.8) is 0 Å². The van der Waals surface area contributed by atoms with Crippen LogP contribution in [0.2, 0.25) is 0 Å². The van der Waals surface area contributed by atoms with E-state index in [-0.39, 0.29) is 23.9 Å². The molecular formula is C18H14F3N3O5S2. The highest BCUT2D eigenvalue weighted by Crippen LogP contribution is 2.33. The van der Waals surface area contributed by atoms with Crippen molar-refractivity contribution in [2.75, 3.05) is 16.6 Å². The third-order valence-corrected chi connectivity index (χ3v) is 7.67. The van der Waals surface area contributed by atoms with Crippen LogP contribution in [0.25, 0.3) is 0 Å². The van der Waals surface area contributed by atoms with Crippen LogP contribution in [0, 0.1) is 11.3 Å². The van der Waals surface area contributed by atoms with E-state index in [4.69, 9.17) is 5.26 Å². The summed E-state index contributed by atoms with van der Waals surface area (Å²) in [6.07, 6.45) is -4.51. The maximum atomic E-state index is 13.1. The smallest absolute Gasteiger partial charge is 0.270 e. The molecule has 0 spiro atoms. The maximum absolute atomic E-state index is 13.1. The number of amides is 1. The molecule has 2 aromatic rings. The lowest BCUT2D eigenvalue weighted by atomic mass is 10.1. The summed E-state index contributed by atoms with van der Waals surface area (Å²) in [5.41, 5.74) is -2.04. The summed E-state index contributed by atoms with van der Waals surface area (Å²) in [7, 11) is -8.11. The van der Waals surface area contributed by atoms with Crippen LogP contribution in [0.15, 0.2) is 47.4 Å². The second-order valence-corrected chi connectivity index (χ2v) is 10.2. The Morgan fingerprint density at radius 2 is 1.77 bits per heavy atom. The highest BCUT2D eigenvalue weighted by atomic mass is 32.2. The number of hydrogen-bond donors (Lipinski definition) is 1. The van der Waals surface area contributed by atoms with Crippen molar-refractivity contribution in [1.29, 1.82) is 5.26 Å². The van der Waals surface area contributed by atoms with Gasteiger partial charge < -0.3 is 0 Å². The van der Waals surface area contributed by atoms with Gasteiger partial charge in [0.15, 0.2) is 0 Å². The molecule has 13 heteroatoms. The van der Waals surface area contributed by atoms with Crippen LogP contribution >= 0.6 is 0 Å². The number of hydrogen-bond acceptors (Lipinski definition) is 6. The van der Waals surface area contributed by atoms with Gasteiger partial charge in [0, 0.05) is 12.1 Å². The standard InChI is InChI=1S/C18H14F3N3O5S2/c19-18(20,21)16-10-15(7-4-13(16)11-22)31(28,29)23-17(25)12-2-5-14(6-3-12)24-8-1-9-30(24,26)27/h2-7,10H,1,8-9H2,(H,23,25). The topological polar surface area (TPSA) is 124 Å². The average molecular weight is 473 g/mol. The summed E-state index contributed by atoms with van der Waals surface area (Å²) in [5.74, 6) is -1.12. The van der Waals surface area contributed by atoms with Crippen molar-refractivity contribution >= 4 is 31.6 Å². The van der Waals surface area contributed by atoms with Crippen molar-refractivity contribution in [2.45, 2.75) is 17.5 Å². The number of sulfonamides is 2. The fraction of sp³-hybridized carbons (Fsp3) is 0.222. The fourth-order valence-corrected chi connectivity index (χ4v) is 5.54. The fourth-order valence-electron chi connectivity index (χ4n) is 2.97. The maximum Gasteiger partial charge on any atom is 0.417 e. The molecule has 1 aliphatic rings. The van der Waals surface area contributed by atoms with Crippen LogP contribution in [-0.2, 0) is 26.2 Å². The largest absolute Gasteiger partial charge is 0.417 e. The van der Waals surface area contributed by atoms with E-state index in [2.05, 4.69) is 0 Å². The predicted octanol–water partition coefficient (Wildman–Crippen LogP) is 2.24.